The molecule has 2 aromatic rings. The Morgan fingerprint density at radius 3 is 2.63 bits per heavy atom. The van der Waals surface area contributed by atoms with Crippen LogP contribution >= 0.6 is 10.8 Å². The highest BCUT2D eigenvalue weighted by atomic mass is 32.3. The van der Waals surface area contributed by atoms with Crippen molar-refractivity contribution in [3.8, 4) is 22.9 Å². The van der Waals surface area contributed by atoms with Gasteiger partial charge in [0.25, 0.3) is 0 Å². The van der Waals surface area contributed by atoms with Gasteiger partial charge in [0.05, 0.1) is 22.8 Å². The summed E-state index contributed by atoms with van der Waals surface area (Å²) in [5.74, 6) is 1.96. The van der Waals surface area contributed by atoms with Crippen molar-refractivity contribution in [1.82, 2.24) is 4.90 Å². The number of fused-ring (bicyclic) bond motifs is 2. The molecule has 2 bridgehead atoms. The third kappa shape index (κ3) is 3.45. The normalized spacial score (nSPS) is 27.6. The lowest BCUT2D eigenvalue weighted by Crippen LogP contribution is -2.62. The Morgan fingerprint density at radius 2 is 1.90 bits per heavy atom. The Bertz CT molecular complexity index is 1020. The molecule has 2 saturated heterocycles. The lowest BCUT2D eigenvalue weighted by atomic mass is 9.67. The molecular weight excluding hydrogens is 398 g/mol. The molecule has 6 rings (SSSR count). The Hall–Kier alpha value is -2.53. The van der Waals surface area contributed by atoms with E-state index in [-0.39, 0.29) is 5.41 Å². The average molecular weight is 424 g/mol. The van der Waals surface area contributed by atoms with E-state index in [2.05, 4.69) is 15.4 Å². The third-order valence-corrected chi connectivity index (χ3v) is 7.83. The first kappa shape index (κ1) is 19.4. The van der Waals surface area contributed by atoms with Crippen LogP contribution in [-0.4, -0.2) is 44.8 Å². The number of nitriles is 1. The molecule has 3 fully saturated rings. The molecule has 0 unspecified atom stereocenters. The number of rotatable bonds is 4. The summed E-state index contributed by atoms with van der Waals surface area (Å²) in [6, 6.07) is 18.1. The van der Waals surface area contributed by atoms with Crippen LogP contribution in [0.3, 0.4) is 0 Å². The topological polar surface area (TPSA) is 89.1 Å². The number of hydrogen-bond donors (Lipinski definition) is 2. The summed E-state index contributed by atoms with van der Waals surface area (Å²) in [7, 11) is -2.87. The van der Waals surface area contributed by atoms with Crippen molar-refractivity contribution >= 4 is 16.6 Å². The van der Waals surface area contributed by atoms with Crippen LogP contribution in [0.2, 0.25) is 0 Å². The zero-order valence-electron chi connectivity index (χ0n) is 16.7. The number of piperidine rings is 2. The summed E-state index contributed by atoms with van der Waals surface area (Å²) in [6.07, 6.45) is 4.16. The van der Waals surface area contributed by atoms with E-state index < -0.39 is 10.8 Å². The highest BCUT2D eigenvalue weighted by Crippen LogP contribution is 2.53. The Balaban J connectivity index is 1.34. The predicted octanol–water partition coefficient (Wildman–Crippen LogP) is 4.93. The van der Waals surface area contributed by atoms with Gasteiger partial charge in [0.2, 0.25) is 0 Å². The van der Waals surface area contributed by atoms with Gasteiger partial charge >= 0.3 is 0 Å². The summed E-state index contributed by atoms with van der Waals surface area (Å²) >= 11 is 0. The molecule has 0 radical (unpaired) electrons. The van der Waals surface area contributed by atoms with Gasteiger partial charge < -0.3 is 9.64 Å². The molecule has 7 heteroatoms. The smallest absolute Gasteiger partial charge is 0.134 e. The highest BCUT2D eigenvalue weighted by molar-refractivity contribution is 8.23. The quantitative estimate of drug-likeness (QED) is 0.728. The van der Waals surface area contributed by atoms with Gasteiger partial charge in [0.15, 0.2) is 0 Å². The summed E-state index contributed by atoms with van der Waals surface area (Å²) in [5.41, 5.74) is 2.44. The molecule has 0 atom stereocenters. The second-order valence-corrected chi connectivity index (χ2v) is 10.3. The van der Waals surface area contributed by atoms with Crippen molar-refractivity contribution in [2.75, 3.05) is 18.9 Å². The molecule has 6 nitrogen and oxygen atoms in total. The minimum absolute atomic E-state index is 0.237. The van der Waals surface area contributed by atoms with Crippen LogP contribution < -0.4 is 4.74 Å². The molecule has 3 aliphatic heterocycles. The summed E-state index contributed by atoms with van der Waals surface area (Å²) in [6.45, 7) is 1.16. The number of ether oxygens (including phenoxy) is 1. The molecular formula is C23H25N3O3S. The summed E-state index contributed by atoms with van der Waals surface area (Å²) in [4.78, 5) is 2.29. The van der Waals surface area contributed by atoms with E-state index in [1.165, 1.54) is 0 Å². The standard InChI is InChI=1S/C23H25N3O3S/c24-15-17-2-1-3-19(14-17)18-4-6-21(7-5-18)29-16-23-10-8-20(9-11-23)26-12-13-30(27,28)25-22(23)26/h1-7,14,20,27-28H,8-13,16H2. The van der Waals surface area contributed by atoms with Crippen LogP contribution in [0.15, 0.2) is 52.9 Å². The molecule has 30 heavy (non-hydrogen) atoms. The Labute approximate surface area is 178 Å². The fourth-order valence-electron chi connectivity index (χ4n) is 4.95. The molecule has 2 aromatic carbocycles. The first-order valence-corrected chi connectivity index (χ1v) is 12.0. The van der Waals surface area contributed by atoms with Gasteiger partial charge in [-0.1, -0.05) is 35.0 Å². The molecule has 0 amide bonds. The number of benzene rings is 2. The monoisotopic (exact) mass is 423 g/mol. The van der Waals surface area contributed by atoms with Gasteiger partial charge in [-0.25, -0.2) is 0 Å². The van der Waals surface area contributed by atoms with Crippen LogP contribution in [0, 0.1) is 16.7 Å². The van der Waals surface area contributed by atoms with Crippen molar-refractivity contribution in [2.45, 2.75) is 31.7 Å². The van der Waals surface area contributed by atoms with Crippen LogP contribution in [0.4, 0.5) is 0 Å². The van der Waals surface area contributed by atoms with E-state index in [9.17, 15) is 9.11 Å². The van der Waals surface area contributed by atoms with Crippen molar-refractivity contribution in [1.29, 1.82) is 5.26 Å². The van der Waals surface area contributed by atoms with Gasteiger partial charge in [-0.2, -0.15) is 5.26 Å². The third-order valence-electron chi connectivity index (χ3n) is 6.63. The lowest BCUT2D eigenvalue weighted by Gasteiger charge is -2.56. The van der Waals surface area contributed by atoms with E-state index in [4.69, 9.17) is 10.00 Å². The average Bonchev–Trinajstić information content (AvgIpc) is 2.78. The SMILES string of the molecule is N#Cc1cccc(-c2ccc(OCC34CCC(CC3)N3CCS(O)(O)N=C34)cc2)c1. The Kier molecular flexibility index (Phi) is 4.73. The van der Waals surface area contributed by atoms with E-state index in [0.717, 1.165) is 48.4 Å². The molecule has 0 aromatic heterocycles. The largest absolute Gasteiger partial charge is 0.493 e. The minimum atomic E-state index is -2.87. The predicted molar refractivity (Wildman–Crippen MR) is 119 cm³/mol. The van der Waals surface area contributed by atoms with Crippen molar-refractivity contribution in [3.05, 3.63) is 54.1 Å². The zero-order chi connectivity index (χ0) is 20.8. The summed E-state index contributed by atoms with van der Waals surface area (Å²) < 4.78 is 31.0. The zero-order valence-corrected chi connectivity index (χ0v) is 17.5. The molecule has 4 aliphatic rings. The van der Waals surface area contributed by atoms with Gasteiger partial charge in [-0.3, -0.25) is 9.11 Å². The molecule has 156 valence electrons. The molecule has 0 spiro atoms. The van der Waals surface area contributed by atoms with Crippen molar-refractivity contribution in [3.63, 3.8) is 0 Å². The van der Waals surface area contributed by atoms with Gasteiger partial charge in [0.1, 0.15) is 18.2 Å². The first-order valence-electron chi connectivity index (χ1n) is 10.3. The van der Waals surface area contributed by atoms with Gasteiger partial charge in [0, 0.05) is 12.6 Å². The highest BCUT2D eigenvalue weighted by Gasteiger charge is 2.52. The molecule has 2 N–H and O–H groups in total. The molecule has 1 saturated carbocycles. The number of nitrogens with zero attached hydrogens (tertiary/aromatic N) is 3. The molecule has 1 aliphatic carbocycles. The maximum Gasteiger partial charge on any atom is 0.134 e. The van der Waals surface area contributed by atoms with Crippen molar-refractivity contribution < 1.29 is 13.8 Å². The van der Waals surface area contributed by atoms with Crippen LogP contribution in [0.1, 0.15) is 31.2 Å². The second kappa shape index (κ2) is 7.31. The van der Waals surface area contributed by atoms with Crippen LogP contribution in [0.5, 0.6) is 5.75 Å². The number of amidine groups is 1. The van der Waals surface area contributed by atoms with E-state index in [1.54, 1.807) is 6.07 Å². The first-order chi connectivity index (χ1) is 14.5. The van der Waals surface area contributed by atoms with Gasteiger partial charge in [-0.05, 0) is 61.1 Å². The van der Waals surface area contributed by atoms with Crippen molar-refractivity contribution in [2.24, 2.45) is 9.81 Å². The number of hydrogen-bond acceptors (Lipinski definition) is 6. The van der Waals surface area contributed by atoms with Crippen LogP contribution in [-0.2, 0) is 0 Å². The van der Waals surface area contributed by atoms with E-state index in [1.807, 2.05) is 42.5 Å². The second-order valence-electron chi connectivity index (χ2n) is 8.46. The Morgan fingerprint density at radius 1 is 1.13 bits per heavy atom. The maximum absolute atomic E-state index is 10.2. The minimum Gasteiger partial charge on any atom is -0.493 e. The van der Waals surface area contributed by atoms with Crippen LogP contribution in [0.25, 0.3) is 11.1 Å². The van der Waals surface area contributed by atoms with E-state index in [0.29, 0.717) is 30.5 Å². The van der Waals surface area contributed by atoms with Gasteiger partial charge in [-0.15, -0.1) is 4.40 Å². The fourth-order valence-corrected chi connectivity index (χ4v) is 6.06. The lowest BCUT2D eigenvalue weighted by molar-refractivity contribution is 0.0651. The summed E-state index contributed by atoms with van der Waals surface area (Å²) in [5, 5.41) is 9.10. The fraction of sp³-hybridized carbons (Fsp3) is 0.391. The maximum atomic E-state index is 10.2. The van der Waals surface area contributed by atoms with E-state index >= 15 is 0 Å². The molecule has 3 heterocycles.